The van der Waals surface area contributed by atoms with Crippen LogP contribution in [0.15, 0.2) is 18.2 Å². The van der Waals surface area contributed by atoms with Crippen molar-refractivity contribution in [2.24, 2.45) is 0 Å². The van der Waals surface area contributed by atoms with Crippen molar-refractivity contribution < 1.29 is 14.3 Å². The topological polar surface area (TPSA) is 43.4 Å². The van der Waals surface area contributed by atoms with E-state index in [1.807, 2.05) is 19.1 Å². The van der Waals surface area contributed by atoms with Gasteiger partial charge in [0.05, 0.1) is 0 Å². The van der Waals surface area contributed by atoms with Crippen LogP contribution >= 0.6 is 0 Å². The molecule has 0 radical (unpaired) electrons. The molecule has 0 unspecified atom stereocenters. The van der Waals surface area contributed by atoms with Crippen LogP contribution in [0.2, 0.25) is 0 Å². The van der Waals surface area contributed by atoms with Crippen molar-refractivity contribution in [3.8, 4) is 0 Å². The van der Waals surface area contributed by atoms with E-state index < -0.39 is 5.60 Å². The summed E-state index contributed by atoms with van der Waals surface area (Å²) in [6.45, 7) is 2.02. The van der Waals surface area contributed by atoms with Gasteiger partial charge in [-0.15, -0.1) is 0 Å². The van der Waals surface area contributed by atoms with Crippen LogP contribution in [0.4, 0.5) is 0 Å². The van der Waals surface area contributed by atoms with E-state index in [0.717, 1.165) is 23.1 Å². The number of Topliss-reactive ketones (excluding diaryl/α,β-unsaturated/α-hetero) is 1. The van der Waals surface area contributed by atoms with E-state index >= 15 is 0 Å². The monoisotopic (exact) mass is 230 g/mol. The van der Waals surface area contributed by atoms with E-state index in [1.165, 1.54) is 0 Å². The van der Waals surface area contributed by atoms with Crippen molar-refractivity contribution in [2.75, 3.05) is 0 Å². The normalized spacial score (nSPS) is 27.1. The fourth-order valence-electron chi connectivity index (χ4n) is 2.81. The SMILES string of the molecule is Cc1ccc2c(c1)CC[C@@]1(CCC(=O)O1)C2=O. The molecule has 1 spiro atoms. The minimum absolute atomic E-state index is 0.00963. The smallest absolute Gasteiger partial charge is 0.306 e. The molecule has 0 saturated carbocycles. The summed E-state index contributed by atoms with van der Waals surface area (Å²) in [6.07, 6.45) is 2.36. The summed E-state index contributed by atoms with van der Waals surface area (Å²) >= 11 is 0. The second kappa shape index (κ2) is 3.42. The largest absolute Gasteiger partial charge is 0.451 e. The summed E-state index contributed by atoms with van der Waals surface area (Å²) in [5, 5.41) is 0. The third-order valence-electron chi connectivity index (χ3n) is 3.76. The Morgan fingerprint density at radius 3 is 2.65 bits per heavy atom. The zero-order valence-corrected chi connectivity index (χ0v) is 9.79. The van der Waals surface area contributed by atoms with Crippen LogP contribution in [-0.2, 0) is 16.0 Å². The van der Waals surface area contributed by atoms with Gasteiger partial charge in [-0.05, 0) is 25.3 Å². The molecule has 0 aromatic heterocycles. The molecule has 0 amide bonds. The molecule has 3 nitrogen and oxygen atoms in total. The van der Waals surface area contributed by atoms with E-state index in [4.69, 9.17) is 4.74 Å². The number of esters is 1. The van der Waals surface area contributed by atoms with Crippen molar-refractivity contribution in [1.29, 1.82) is 0 Å². The van der Waals surface area contributed by atoms with Gasteiger partial charge in [-0.2, -0.15) is 0 Å². The molecule has 1 aromatic rings. The third-order valence-corrected chi connectivity index (χ3v) is 3.76. The minimum Gasteiger partial charge on any atom is -0.451 e. The van der Waals surface area contributed by atoms with Crippen molar-refractivity contribution in [3.05, 3.63) is 34.9 Å². The van der Waals surface area contributed by atoms with Crippen LogP contribution in [0.25, 0.3) is 0 Å². The maximum atomic E-state index is 12.4. The molecule has 1 heterocycles. The van der Waals surface area contributed by atoms with E-state index in [1.54, 1.807) is 0 Å². The van der Waals surface area contributed by atoms with Gasteiger partial charge < -0.3 is 4.74 Å². The Labute approximate surface area is 99.8 Å². The number of hydrogen-bond acceptors (Lipinski definition) is 3. The third kappa shape index (κ3) is 1.49. The van der Waals surface area contributed by atoms with Gasteiger partial charge in [0.1, 0.15) is 0 Å². The Morgan fingerprint density at radius 1 is 1.18 bits per heavy atom. The highest BCUT2D eigenvalue weighted by Crippen LogP contribution is 2.39. The summed E-state index contributed by atoms with van der Waals surface area (Å²) in [6, 6.07) is 5.85. The first-order chi connectivity index (χ1) is 8.11. The van der Waals surface area contributed by atoms with Gasteiger partial charge in [-0.1, -0.05) is 23.8 Å². The van der Waals surface area contributed by atoms with Crippen molar-refractivity contribution in [1.82, 2.24) is 0 Å². The Kier molecular flexibility index (Phi) is 2.12. The Hall–Kier alpha value is -1.64. The number of ketones is 1. The molecule has 3 heteroatoms. The molecule has 1 atom stereocenters. The van der Waals surface area contributed by atoms with E-state index in [0.29, 0.717) is 19.3 Å². The summed E-state index contributed by atoms with van der Waals surface area (Å²) in [7, 11) is 0. The van der Waals surface area contributed by atoms with Crippen LogP contribution in [0, 0.1) is 6.92 Å². The molecule has 3 rings (SSSR count). The number of carbonyl (C=O) groups excluding carboxylic acids is 2. The lowest BCUT2D eigenvalue weighted by Gasteiger charge is -2.31. The lowest BCUT2D eigenvalue weighted by molar-refractivity contribution is -0.145. The maximum absolute atomic E-state index is 12.4. The lowest BCUT2D eigenvalue weighted by atomic mass is 9.77. The first-order valence-electron chi connectivity index (χ1n) is 5.97. The van der Waals surface area contributed by atoms with Crippen LogP contribution in [-0.4, -0.2) is 17.4 Å². The standard InChI is InChI=1S/C14H14O3/c1-9-2-3-11-10(8-9)4-6-14(13(11)16)7-5-12(15)17-14/h2-3,8H,4-7H2,1H3/t14-/m1/s1. The number of carbonyl (C=O) groups is 2. The maximum Gasteiger partial charge on any atom is 0.306 e. The number of rotatable bonds is 0. The quantitative estimate of drug-likeness (QED) is 0.642. The van der Waals surface area contributed by atoms with Gasteiger partial charge in [-0.3, -0.25) is 9.59 Å². The summed E-state index contributed by atoms with van der Waals surface area (Å²) in [5.74, 6) is -0.251. The predicted octanol–water partition coefficient (Wildman–Crippen LogP) is 2.20. The summed E-state index contributed by atoms with van der Waals surface area (Å²) < 4.78 is 5.30. The summed E-state index contributed by atoms with van der Waals surface area (Å²) in [5.41, 5.74) is 2.13. The zero-order valence-electron chi connectivity index (χ0n) is 9.79. The van der Waals surface area contributed by atoms with Gasteiger partial charge in [0.25, 0.3) is 0 Å². The minimum atomic E-state index is -0.848. The van der Waals surface area contributed by atoms with E-state index in [-0.39, 0.29) is 11.8 Å². The molecule has 0 N–H and O–H groups in total. The number of fused-ring (bicyclic) bond motifs is 1. The molecular formula is C14H14O3. The average Bonchev–Trinajstić information content (AvgIpc) is 2.67. The Bertz CT molecular complexity index is 518. The predicted molar refractivity (Wildman–Crippen MR) is 61.9 cm³/mol. The van der Waals surface area contributed by atoms with Crippen LogP contribution in [0.5, 0.6) is 0 Å². The van der Waals surface area contributed by atoms with Gasteiger partial charge in [0, 0.05) is 18.4 Å². The Balaban J connectivity index is 2.04. The fourth-order valence-corrected chi connectivity index (χ4v) is 2.81. The molecule has 0 bridgehead atoms. The van der Waals surface area contributed by atoms with Crippen LogP contribution in [0.3, 0.4) is 0 Å². The molecule has 1 aliphatic carbocycles. The molecule has 1 aromatic carbocycles. The van der Waals surface area contributed by atoms with Crippen LogP contribution < -0.4 is 0 Å². The number of hydrogen-bond donors (Lipinski definition) is 0. The van der Waals surface area contributed by atoms with Gasteiger partial charge in [0.2, 0.25) is 5.78 Å². The molecule has 1 aliphatic heterocycles. The molecular weight excluding hydrogens is 216 g/mol. The number of aryl methyl sites for hydroxylation is 2. The molecule has 1 fully saturated rings. The Morgan fingerprint density at radius 2 is 1.94 bits per heavy atom. The second-order valence-electron chi connectivity index (χ2n) is 4.96. The van der Waals surface area contributed by atoms with Crippen molar-refractivity contribution in [2.45, 2.75) is 38.2 Å². The first kappa shape index (κ1) is 10.5. The van der Waals surface area contributed by atoms with E-state index in [2.05, 4.69) is 6.07 Å². The second-order valence-corrected chi connectivity index (χ2v) is 4.96. The van der Waals surface area contributed by atoms with Crippen LogP contribution in [0.1, 0.15) is 40.7 Å². The average molecular weight is 230 g/mol. The lowest BCUT2D eigenvalue weighted by Crippen LogP contribution is -2.42. The van der Waals surface area contributed by atoms with Gasteiger partial charge >= 0.3 is 5.97 Å². The number of ether oxygens (including phenoxy) is 1. The fraction of sp³-hybridized carbons (Fsp3) is 0.429. The molecule has 1 saturated heterocycles. The zero-order chi connectivity index (χ0) is 12.0. The first-order valence-corrected chi connectivity index (χ1v) is 5.97. The van der Waals surface area contributed by atoms with Crippen molar-refractivity contribution in [3.63, 3.8) is 0 Å². The number of benzene rings is 1. The van der Waals surface area contributed by atoms with Gasteiger partial charge in [-0.25, -0.2) is 0 Å². The highest BCUT2D eigenvalue weighted by Gasteiger charge is 2.49. The molecule has 2 aliphatic rings. The van der Waals surface area contributed by atoms with Crippen molar-refractivity contribution >= 4 is 11.8 Å². The van der Waals surface area contributed by atoms with Gasteiger partial charge in [0.15, 0.2) is 5.60 Å². The summed E-state index contributed by atoms with van der Waals surface area (Å²) in [4.78, 5) is 23.7. The molecule has 17 heavy (non-hydrogen) atoms. The molecule has 88 valence electrons. The van der Waals surface area contributed by atoms with E-state index in [9.17, 15) is 9.59 Å². The highest BCUT2D eigenvalue weighted by molar-refractivity contribution is 6.06. The highest BCUT2D eigenvalue weighted by atomic mass is 16.6.